The second-order valence-corrected chi connectivity index (χ2v) is 7.49. The summed E-state index contributed by atoms with van der Waals surface area (Å²) in [4.78, 5) is 0. The molecule has 2 rings (SSSR count). The van der Waals surface area contributed by atoms with E-state index in [1.165, 1.54) is 18.2 Å². The van der Waals surface area contributed by atoms with Gasteiger partial charge in [0.05, 0.1) is 5.75 Å². The lowest BCUT2D eigenvalue weighted by Crippen LogP contribution is -2.45. The third kappa shape index (κ3) is 3.77. The molecule has 1 N–H and O–H groups in total. The van der Waals surface area contributed by atoms with Gasteiger partial charge < -0.3 is 0 Å². The molecule has 1 saturated carbocycles. The molecule has 1 aromatic rings. The van der Waals surface area contributed by atoms with Gasteiger partial charge in [0.1, 0.15) is 5.82 Å². The Morgan fingerprint density at radius 1 is 1.33 bits per heavy atom. The van der Waals surface area contributed by atoms with E-state index in [1.54, 1.807) is 6.92 Å². The van der Waals surface area contributed by atoms with E-state index in [0.717, 1.165) is 0 Å². The number of benzene rings is 1. The van der Waals surface area contributed by atoms with Gasteiger partial charge in [-0.05, 0) is 37.0 Å². The van der Waals surface area contributed by atoms with Crippen LogP contribution in [0.25, 0.3) is 0 Å². The number of halogens is 3. The minimum Gasteiger partial charge on any atom is -0.212 e. The Labute approximate surface area is 122 Å². The zero-order chi connectivity index (χ0) is 15.7. The van der Waals surface area contributed by atoms with E-state index in [2.05, 4.69) is 4.72 Å². The zero-order valence-corrected chi connectivity index (χ0v) is 12.5. The minimum atomic E-state index is -3.79. The van der Waals surface area contributed by atoms with Gasteiger partial charge >= 0.3 is 0 Å². The largest absolute Gasteiger partial charge is 0.245 e. The van der Waals surface area contributed by atoms with Crippen molar-refractivity contribution in [2.24, 2.45) is 5.41 Å². The molecule has 0 aliphatic heterocycles. The van der Waals surface area contributed by atoms with E-state index in [4.69, 9.17) is 0 Å². The van der Waals surface area contributed by atoms with Crippen molar-refractivity contribution in [2.75, 3.05) is 5.75 Å². The first-order valence-corrected chi connectivity index (χ1v) is 8.40. The molecule has 0 saturated heterocycles. The summed E-state index contributed by atoms with van der Waals surface area (Å²) in [6, 6.07) is 4.26. The number of nitrogens with one attached hydrogen (secondary N) is 1. The Kier molecular flexibility index (Phi) is 4.63. The molecule has 0 radical (unpaired) electrons. The molecule has 0 spiro atoms. The van der Waals surface area contributed by atoms with Gasteiger partial charge in [-0.25, -0.2) is 26.3 Å². The van der Waals surface area contributed by atoms with Crippen LogP contribution in [-0.4, -0.2) is 20.6 Å². The van der Waals surface area contributed by atoms with Crippen molar-refractivity contribution in [1.82, 2.24) is 4.72 Å². The quantitative estimate of drug-likeness (QED) is 0.875. The first-order valence-electron chi connectivity index (χ1n) is 6.75. The normalized spacial score (nSPS) is 17.8. The van der Waals surface area contributed by atoms with E-state index in [9.17, 15) is 21.6 Å². The van der Waals surface area contributed by atoms with Crippen LogP contribution in [0, 0.1) is 18.2 Å². The molecule has 1 aromatic carbocycles. The van der Waals surface area contributed by atoms with Gasteiger partial charge in [0.15, 0.2) is 0 Å². The zero-order valence-electron chi connectivity index (χ0n) is 11.7. The molecule has 3 nitrogen and oxygen atoms in total. The van der Waals surface area contributed by atoms with Crippen molar-refractivity contribution >= 4 is 10.0 Å². The summed E-state index contributed by atoms with van der Waals surface area (Å²) in [6.07, 6.45) is -1.52. The fourth-order valence-electron chi connectivity index (χ4n) is 2.50. The predicted molar refractivity (Wildman–Crippen MR) is 74.1 cm³/mol. The number of sulfonamides is 1. The van der Waals surface area contributed by atoms with Crippen LogP contribution in [0.5, 0.6) is 0 Å². The van der Waals surface area contributed by atoms with E-state index in [-0.39, 0.29) is 25.2 Å². The predicted octanol–water partition coefficient (Wildman–Crippen LogP) is 2.99. The molecule has 1 aliphatic rings. The first kappa shape index (κ1) is 16.3. The summed E-state index contributed by atoms with van der Waals surface area (Å²) in [7, 11) is -3.79. The minimum absolute atomic E-state index is 0.0250. The Balaban J connectivity index is 1.99. The molecule has 1 aliphatic carbocycles. The SMILES string of the molecule is Cc1cc(CNS(=O)(=O)CC2(C(F)F)CCC2)ccc1F. The fraction of sp³-hybridized carbons (Fsp3) is 0.571. The Morgan fingerprint density at radius 3 is 2.48 bits per heavy atom. The molecule has 0 heterocycles. The highest BCUT2D eigenvalue weighted by Crippen LogP contribution is 2.46. The van der Waals surface area contributed by atoms with E-state index >= 15 is 0 Å². The fourth-order valence-corrected chi connectivity index (χ4v) is 4.16. The summed E-state index contributed by atoms with van der Waals surface area (Å²) < 4.78 is 65.3. The van der Waals surface area contributed by atoms with Crippen LogP contribution in [0.2, 0.25) is 0 Å². The highest BCUT2D eigenvalue weighted by molar-refractivity contribution is 7.89. The van der Waals surface area contributed by atoms with Crippen molar-refractivity contribution in [1.29, 1.82) is 0 Å². The van der Waals surface area contributed by atoms with Crippen LogP contribution in [0.4, 0.5) is 13.2 Å². The molecule has 0 amide bonds. The highest BCUT2D eigenvalue weighted by atomic mass is 32.2. The summed E-state index contributed by atoms with van der Waals surface area (Å²) in [5.74, 6) is -0.926. The Hall–Kier alpha value is -1.08. The summed E-state index contributed by atoms with van der Waals surface area (Å²) >= 11 is 0. The van der Waals surface area contributed by atoms with Crippen molar-refractivity contribution < 1.29 is 21.6 Å². The van der Waals surface area contributed by atoms with Crippen LogP contribution in [0.3, 0.4) is 0 Å². The molecular formula is C14H18F3NO2S. The summed E-state index contributed by atoms with van der Waals surface area (Å²) in [5, 5.41) is 0. The average molecular weight is 321 g/mol. The number of hydrogen-bond acceptors (Lipinski definition) is 2. The monoisotopic (exact) mass is 321 g/mol. The first-order chi connectivity index (χ1) is 9.74. The van der Waals surface area contributed by atoms with Gasteiger partial charge in [-0.2, -0.15) is 0 Å². The van der Waals surface area contributed by atoms with Gasteiger partial charge in [-0.3, -0.25) is 0 Å². The van der Waals surface area contributed by atoms with E-state index in [0.29, 0.717) is 17.5 Å². The summed E-state index contributed by atoms with van der Waals surface area (Å²) in [6.45, 7) is 1.55. The molecule has 7 heteroatoms. The van der Waals surface area contributed by atoms with Crippen LogP contribution in [0.1, 0.15) is 30.4 Å². The molecular weight excluding hydrogens is 303 g/mol. The van der Waals surface area contributed by atoms with Crippen molar-refractivity contribution in [3.63, 3.8) is 0 Å². The molecule has 118 valence electrons. The van der Waals surface area contributed by atoms with Gasteiger partial charge in [0.2, 0.25) is 16.4 Å². The lowest BCUT2D eigenvalue weighted by atomic mass is 9.70. The van der Waals surface area contributed by atoms with Gasteiger partial charge in [-0.1, -0.05) is 18.6 Å². The number of aryl methyl sites for hydroxylation is 1. The standard InChI is InChI=1S/C14H18F3NO2S/c1-10-7-11(3-4-12(10)15)8-18-21(19,20)9-14(13(16)17)5-2-6-14/h3-4,7,13,18H,2,5-6,8-9H2,1H3. The molecule has 0 unspecified atom stereocenters. The lowest BCUT2D eigenvalue weighted by molar-refractivity contribution is -0.0434. The average Bonchev–Trinajstić information content (AvgIpc) is 2.35. The van der Waals surface area contributed by atoms with E-state index in [1.807, 2.05) is 0 Å². The third-order valence-corrected chi connectivity index (χ3v) is 5.55. The molecule has 0 atom stereocenters. The maximum atomic E-state index is 13.1. The smallest absolute Gasteiger partial charge is 0.212 e. The van der Waals surface area contributed by atoms with Gasteiger partial charge in [0.25, 0.3) is 0 Å². The Morgan fingerprint density at radius 2 is 2.00 bits per heavy atom. The van der Waals surface area contributed by atoms with Crippen LogP contribution in [0.15, 0.2) is 18.2 Å². The number of rotatable bonds is 6. The third-order valence-electron chi connectivity index (χ3n) is 4.01. The van der Waals surface area contributed by atoms with Crippen LogP contribution >= 0.6 is 0 Å². The highest BCUT2D eigenvalue weighted by Gasteiger charge is 2.48. The maximum absolute atomic E-state index is 13.1. The lowest BCUT2D eigenvalue weighted by Gasteiger charge is -2.40. The summed E-state index contributed by atoms with van der Waals surface area (Å²) in [5.41, 5.74) is -0.392. The van der Waals surface area contributed by atoms with Crippen LogP contribution in [-0.2, 0) is 16.6 Å². The Bertz CT molecular complexity index is 613. The maximum Gasteiger partial charge on any atom is 0.245 e. The molecule has 0 aromatic heterocycles. The second-order valence-electron chi connectivity index (χ2n) is 5.68. The number of hydrogen-bond donors (Lipinski definition) is 1. The number of alkyl halides is 2. The van der Waals surface area contributed by atoms with E-state index < -0.39 is 27.6 Å². The molecule has 0 bridgehead atoms. The van der Waals surface area contributed by atoms with Crippen molar-refractivity contribution in [2.45, 2.75) is 39.2 Å². The van der Waals surface area contributed by atoms with Gasteiger partial charge in [-0.15, -0.1) is 0 Å². The van der Waals surface area contributed by atoms with Crippen molar-refractivity contribution in [3.8, 4) is 0 Å². The second kappa shape index (κ2) is 5.96. The molecule has 21 heavy (non-hydrogen) atoms. The molecule has 1 fully saturated rings. The van der Waals surface area contributed by atoms with Gasteiger partial charge in [0, 0.05) is 12.0 Å². The van der Waals surface area contributed by atoms with Crippen LogP contribution < -0.4 is 4.72 Å². The topological polar surface area (TPSA) is 46.2 Å². The van der Waals surface area contributed by atoms with Crippen molar-refractivity contribution in [3.05, 3.63) is 35.1 Å².